The van der Waals surface area contributed by atoms with E-state index in [2.05, 4.69) is 9.97 Å². The molecule has 88 valence electrons. The Bertz CT molecular complexity index is 545. The Hall–Kier alpha value is -1.88. The van der Waals surface area contributed by atoms with Crippen LogP contribution in [0, 0.1) is 5.92 Å². The highest BCUT2D eigenvalue weighted by atomic mass is 16.3. The maximum Gasteiger partial charge on any atom is 0.209 e. The van der Waals surface area contributed by atoms with Crippen LogP contribution in [0.4, 0.5) is 0 Å². The zero-order valence-corrected chi connectivity index (χ0v) is 9.21. The molecule has 5 heteroatoms. The fourth-order valence-corrected chi connectivity index (χ4v) is 2.33. The van der Waals surface area contributed by atoms with Gasteiger partial charge in [-0.15, -0.1) is 0 Å². The predicted octanol–water partition coefficient (Wildman–Crippen LogP) is 0.684. The van der Waals surface area contributed by atoms with Gasteiger partial charge in [-0.05, 0) is 6.07 Å². The fraction of sp³-hybridized carbons (Fsp3) is 0.333. The van der Waals surface area contributed by atoms with Gasteiger partial charge in [-0.3, -0.25) is 9.78 Å². The minimum absolute atomic E-state index is 0.132. The first-order valence-corrected chi connectivity index (χ1v) is 5.58. The Balaban J connectivity index is 1.86. The highest BCUT2D eigenvalue weighted by Gasteiger charge is 2.33. The number of fused-ring (bicyclic) bond motifs is 1. The van der Waals surface area contributed by atoms with E-state index in [1.54, 1.807) is 17.3 Å². The lowest BCUT2D eigenvalue weighted by atomic mass is 9.89. The van der Waals surface area contributed by atoms with Gasteiger partial charge in [-0.1, -0.05) is 0 Å². The third kappa shape index (κ3) is 1.59. The fourth-order valence-electron chi connectivity index (χ4n) is 2.33. The van der Waals surface area contributed by atoms with Crippen LogP contribution in [0.5, 0.6) is 0 Å². The average Bonchev–Trinajstić information content (AvgIpc) is 2.71. The zero-order valence-electron chi connectivity index (χ0n) is 9.21. The quantitative estimate of drug-likeness (QED) is 0.763. The number of pyridine rings is 1. The summed E-state index contributed by atoms with van der Waals surface area (Å²) in [7, 11) is 0. The Labute approximate surface area is 98.1 Å². The van der Waals surface area contributed by atoms with Crippen LogP contribution in [-0.4, -0.2) is 39.5 Å². The minimum atomic E-state index is -0.526. The molecule has 1 unspecified atom stereocenters. The van der Waals surface area contributed by atoms with Gasteiger partial charge < -0.3 is 15.0 Å². The highest BCUT2D eigenvalue weighted by Crippen LogP contribution is 2.32. The number of H-pyrrole nitrogens is 1. The van der Waals surface area contributed by atoms with Crippen LogP contribution in [0.2, 0.25) is 0 Å². The molecule has 17 heavy (non-hydrogen) atoms. The molecule has 0 radical (unpaired) electrons. The topological polar surface area (TPSA) is 69.2 Å². The average molecular weight is 231 g/mol. The van der Waals surface area contributed by atoms with Crippen molar-refractivity contribution in [1.82, 2.24) is 14.9 Å². The molecule has 2 aromatic heterocycles. The number of hydrogen-bond acceptors (Lipinski definition) is 3. The first kappa shape index (κ1) is 10.3. The van der Waals surface area contributed by atoms with Gasteiger partial charge in [0.15, 0.2) is 0 Å². The van der Waals surface area contributed by atoms with E-state index in [0.717, 1.165) is 22.9 Å². The first-order valence-electron chi connectivity index (χ1n) is 5.58. The molecule has 0 aliphatic carbocycles. The lowest BCUT2D eigenvalue weighted by Crippen LogP contribution is -2.48. The van der Waals surface area contributed by atoms with E-state index < -0.39 is 6.10 Å². The molecule has 1 amide bonds. The molecule has 3 rings (SSSR count). The standard InChI is InChI=1S/C12H13N3O2/c16-7-15-5-8(6-15)12(17)10-3-14-11-4-13-2-1-9(10)11/h1-4,7-8,12,14,17H,5-6H2. The summed E-state index contributed by atoms with van der Waals surface area (Å²) in [6, 6.07) is 1.89. The Morgan fingerprint density at radius 2 is 2.41 bits per heavy atom. The van der Waals surface area contributed by atoms with Gasteiger partial charge in [0, 0.05) is 42.4 Å². The number of amides is 1. The zero-order chi connectivity index (χ0) is 11.8. The number of carbonyl (C=O) groups is 1. The van der Waals surface area contributed by atoms with Crippen LogP contribution in [0.1, 0.15) is 11.7 Å². The van der Waals surface area contributed by atoms with Crippen molar-refractivity contribution in [2.45, 2.75) is 6.10 Å². The second-order valence-electron chi connectivity index (χ2n) is 4.43. The molecule has 1 fully saturated rings. The summed E-state index contributed by atoms with van der Waals surface area (Å²) >= 11 is 0. The molecule has 0 saturated carbocycles. The second kappa shape index (κ2) is 3.85. The van der Waals surface area contributed by atoms with Gasteiger partial charge in [0.25, 0.3) is 0 Å². The van der Waals surface area contributed by atoms with E-state index in [0.29, 0.717) is 13.1 Å². The Morgan fingerprint density at radius 3 is 3.18 bits per heavy atom. The molecule has 5 nitrogen and oxygen atoms in total. The lowest BCUT2D eigenvalue weighted by Gasteiger charge is -2.39. The number of aromatic amines is 1. The van der Waals surface area contributed by atoms with Gasteiger partial charge >= 0.3 is 0 Å². The number of nitrogens with one attached hydrogen (secondary N) is 1. The van der Waals surface area contributed by atoms with Crippen molar-refractivity contribution < 1.29 is 9.90 Å². The number of carbonyl (C=O) groups excluding carboxylic acids is 1. The van der Waals surface area contributed by atoms with Crippen molar-refractivity contribution in [3.8, 4) is 0 Å². The predicted molar refractivity (Wildman–Crippen MR) is 62.2 cm³/mol. The molecule has 1 atom stereocenters. The number of nitrogens with zero attached hydrogens (tertiary/aromatic N) is 2. The molecule has 0 aromatic carbocycles. The summed E-state index contributed by atoms with van der Waals surface area (Å²) in [5.41, 5.74) is 1.81. The summed E-state index contributed by atoms with van der Waals surface area (Å²) in [6.45, 7) is 1.25. The van der Waals surface area contributed by atoms with E-state index in [4.69, 9.17) is 0 Å². The van der Waals surface area contributed by atoms with Crippen molar-refractivity contribution in [3.05, 3.63) is 30.2 Å². The molecule has 2 aromatic rings. The van der Waals surface area contributed by atoms with Gasteiger partial charge in [0.2, 0.25) is 6.41 Å². The molecular formula is C12H13N3O2. The highest BCUT2D eigenvalue weighted by molar-refractivity contribution is 5.82. The van der Waals surface area contributed by atoms with E-state index >= 15 is 0 Å². The largest absolute Gasteiger partial charge is 0.388 e. The smallest absolute Gasteiger partial charge is 0.209 e. The molecular weight excluding hydrogens is 218 g/mol. The molecule has 1 saturated heterocycles. The van der Waals surface area contributed by atoms with Crippen LogP contribution >= 0.6 is 0 Å². The van der Waals surface area contributed by atoms with E-state index in [-0.39, 0.29) is 5.92 Å². The van der Waals surface area contributed by atoms with E-state index in [1.807, 2.05) is 12.3 Å². The van der Waals surface area contributed by atoms with Crippen molar-refractivity contribution >= 4 is 17.3 Å². The molecule has 1 aliphatic heterocycles. The van der Waals surface area contributed by atoms with Crippen LogP contribution < -0.4 is 0 Å². The molecule has 0 spiro atoms. The number of aliphatic hydroxyl groups excluding tert-OH is 1. The summed E-state index contributed by atoms with van der Waals surface area (Å²) in [5, 5.41) is 11.3. The van der Waals surface area contributed by atoms with Crippen LogP contribution in [-0.2, 0) is 4.79 Å². The maximum absolute atomic E-state index is 10.5. The molecule has 3 heterocycles. The van der Waals surface area contributed by atoms with Gasteiger partial charge in [-0.25, -0.2) is 0 Å². The summed E-state index contributed by atoms with van der Waals surface area (Å²) in [6.07, 6.45) is 5.57. The summed E-state index contributed by atoms with van der Waals surface area (Å²) < 4.78 is 0. The first-order chi connectivity index (χ1) is 8.29. The summed E-state index contributed by atoms with van der Waals surface area (Å²) in [4.78, 5) is 19.3. The third-order valence-electron chi connectivity index (χ3n) is 3.37. The number of hydrogen-bond donors (Lipinski definition) is 2. The number of rotatable bonds is 3. The Morgan fingerprint density at radius 1 is 1.59 bits per heavy atom. The number of aliphatic hydroxyl groups is 1. The number of likely N-dealkylation sites (tertiary alicyclic amines) is 1. The van der Waals surface area contributed by atoms with Crippen molar-refractivity contribution in [3.63, 3.8) is 0 Å². The second-order valence-corrected chi connectivity index (χ2v) is 4.43. The SMILES string of the molecule is O=CN1CC(C(O)c2c[nH]c3cnccc23)C1. The van der Waals surface area contributed by atoms with Gasteiger partial charge in [0.05, 0.1) is 17.8 Å². The minimum Gasteiger partial charge on any atom is -0.388 e. The van der Waals surface area contributed by atoms with Gasteiger partial charge in [-0.2, -0.15) is 0 Å². The third-order valence-corrected chi connectivity index (χ3v) is 3.37. The summed E-state index contributed by atoms with van der Waals surface area (Å²) in [5.74, 6) is 0.132. The van der Waals surface area contributed by atoms with Crippen molar-refractivity contribution in [2.75, 3.05) is 13.1 Å². The number of aromatic nitrogens is 2. The van der Waals surface area contributed by atoms with E-state index in [9.17, 15) is 9.90 Å². The van der Waals surface area contributed by atoms with E-state index in [1.165, 1.54) is 0 Å². The van der Waals surface area contributed by atoms with Crippen LogP contribution in [0.25, 0.3) is 10.9 Å². The normalized spacial score (nSPS) is 18.1. The van der Waals surface area contributed by atoms with Crippen LogP contribution in [0.3, 0.4) is 0 Å². The molecule has 2 N–H and O–H groups in total. The van der Waals surface area contributed by atoms with Crippen molar-refractivity contribution in [1.29, 1.82) is 0 Å². The van der Waals surface area contributed by atoms with Crippen molar-refractivity contribution in [2.24, 2.45) is 5.92 Å². The van der Waals surface area contributed by atoms with Gasteiger partial charge in [0.1, 0.15) is 0 Å². The maximum atomic E-state index is 10.5. The Kier molecular flexibility index (Phi) is 2.33. The lowest BCUT2D eigenvalue weighted by molar-refractivity contribution is -0.126. The monoisotopic (exact) mass is 231 g/mol. The van der Waals surface area contributed by atoms with Crippen LogP contribution in [0.15, 0.2) is 24.7 Å². The molecule has 1 aliphatic rings. The molecule has 0 bridgehead atoms.